The molecule has 7 heteroatoms. The molecular formula is C13H21ClN2O3S. The summed E-state index contributed by atoms with van der Waals surface area (Å²) in [5.74, 6) is 0.421. The number of ether oxygens (including phenoxy) is 1. The van der Waals surface area contributed by atoms with Crippen molar-refractivity contribution in [2.45, 2.75) is 25.3 Å². The molecule has 0 fully saturated rings. The molecule has 0 spiro atoms. The van der Waals surface area contributed by atoms with Crippen LogP contribution < -0.4 is 10.5 Å². The maximum atomic E-state index is 12.1. The number of hydrogen-bond acceptors (Lipinski definition) is 4. The molecule has 0 heterocycles. The Morgan fingerprint density at radius 3 is 2.65 bits per heavy atom. The summed E-state index contributed by atoms with van der Waals surface area (Å²) in [5.41, 5.74) is 6.26. The van der Waals surface area contributed by atoms with Crippen molar-refractivity contribution < 1.29 is 13.2 Å². The van der Waals surface area contributed by atoms with Gasteiger partial charge in [-0.2, -0.15) is 0 Å². The van der Waals surface area contributed by atoms with Gasteiger partial charge in [-0.15, -0.1) is 0 Å². The van der Waals surface area contributed by atoms with Crippen molar-refractivity contribution in [3.8, 4) is 0 Å². The summed E-state index contributed by atoms with van der Waals surface area (Å²) in [4.78, 5) is 0.0558. The van der Waals surface area contributed by atoms with E-state index >= 15 is 0 Å². The average Bonchev–Trinajstić information content (AvgIpc) is 2.37. The van der Waals surface area contributed by atoms with Gasteiger partial charge in [-0.3, -0.25) is 0 Å². The summed E-state index contributed by atoms with van der Waals surface area (Å²) in [7, 11) is -3.62. The normalized spacial score (nSPS) is 12.1. The Morgan fingerprint density at radius 2 is 2.10 bits per heavy atom. The van der Waals surface area contributed by atoms with Crippen LogP contribution in [-0.2, 0) is 21.3 Å². The van der Waals surface area contributed by atoms with E-state index in [0.29, 0.717) is 25.7 Å². The molecule has 0 saturated carbocycles. The maximum Gasteiger partial charge on any atom is 0.242 e. The Morgan fingerprint density at radius 1 is 1.40 bits per heavy atom. The highest BCUT2D eigenvalue weighted by atomic mass is 35.5. The van der Waals surface area contributed by atoms with Gasteiger partial charge in [0.1, 0.15) is 4.90 Å². The highest BCUT2D eigenvalue weighted by molar-refractivity contribution is 7.89. The fourth-order valence-electron chi connectivity index (χ4n) is 1.53. The van der Waals surface area contributed by atoms with E-state index in [0.717, 1.165) is 5.56 Å². The number of rotatable bonds is 8. The van der Waals surface area contributed by atoms with Gasteiger partial charge in [0.05, 0.1) is 11.6 Å². The van der Waals surface area contributed by atoms with Gasteiger partial charge in [-0.1, -0.05) is 31.5 Å². The lowest BCUT2D eigenvalue weighted by atomic mass is 10.2. The van der Waals surface area contributed by atoms with Crippen LogP contribution in [0.25, 0.3) is 0 Å². The van der Waals surface area contributed by atoms with Crippen LogP contribution in [0.4, 0.5) is 0 Å². The van der Waals surface area contributed by atoms with Crippen molar-refractivity contribution >= 4 is 21.6 Å². The number of hydrogen-bond donors (Lipinski definition) is 2. The Labute approximate surface area is 125 Å². The minimum absolute atomic E-state index is 0.0558. The predicted molar refractivity (Wildman–Crippen MR) is 80.2 cm³/mol. The van der Waals surface area contributed by atoms with Gasteiger partial charge in [-0.25, -0.2) is 13.1 Å². The zero-order valence-electron chi connectivity index (χ0n) is 11.7. The zero-order chi connectivity index (χ0) is 15.2. The summed E-state index contributed by atoms with van der Waals surface area (Å²) < 4.78 is 31.9. The van der Waals surface area contributed by atoms with Crippen LogP contribution in [0.1, 0.15) is 19.4 Å². The first-order chi connectivity index (χ1) is 9.36. The van der Waals surface area contributed by atoms with Crippen LogP contribution in [-0.4, -0.2) is 28.2 Å². The monoisotopic (exact) mass is 320 g/mol. The quantitative estimate of drug-likeness (QED) is 0.715. The van der Waals surface area contributed by atoms with E-state index < -0.39 is 10.0 Å². The third-order valence-electron chi connectivity index (χ3n) is 2.51. The largest absolute Gasteiger partial charge is 0.380 e. The molecule has 20 heavy (non-hydrogen) atoms. The van der Waals surface area contributed by atoms with Gasteiger partial charge in [-0.05, 0) is 23.6 Å². The van der Waals surface area contributed by atoms with Crippen LogP contribution in [0.5, 0.6) is 0 Å². The molecule has 1 aromatic rings. The molecular weight excluding hydrogens is 300 g/mol. The van der Waals surface area contributed by atoms with Gasteiger partial charge in [0, 0.05) is 19.7 Å². The van der Waals surface area contributed by atoms with E-state index in [-0.39, 0.29) is 16.5 Å². The first-order valence-electron chi connectivity index (χ1n) is 6.42. The second-order valence-electron chi connectivity index (χ2n) is 4.84. The standard InChI is InChI=1S/C13H21ClN2O3S/c1-10(2)9-19-6-5-16-20(17,18)13-4-3-11(8-15)7-12(13)14/h3-4,7,10,16H,5-6,8-9,15H2,1-2H3. The van der Waals surface area contributed by atoms with Crippen LogP contribution in [0, 0.1) is 5.92 Å². The first-order valence-corrected chi connectivity index (χ1v) is 8.29. The number of sulfonamides is 1. The molecule has 0 amide bonds. The summed E-state index contributed by atoms with van der Waals surface area (Å²) in [6.07, 6.45) is 0. The van der Waals surface area contributed by atoms with E-state index in [2.05, 4.69) is 4.72 Å². The molecule has 0 aliphatic carbocycles. The molecule has 0 saturated heterocycles. The molecule has 3 N–H and O–H groups in total. The van der Waals surface area contributed by atoms with Crippen LogP contribution in [0.2, 0.25) is 5.02 Å². The van der Waals surface area contributed by atoms with Crippen molar-refractivity contribution in [1.82, 2.24) is 4.72 Å². The number of nitrogens with two attached hydrogens (primary N) is 1. The third kappa shape index (κ3) is 5.38. The third-order valence-corrected chi connectivity index (χ3v) is 4.46. The Hall–Kier alpha value is -0.660. The Balaban J connectivity index is 2.60. The Kier molecular flexibility index (Phi) is 6.91. The molecule has 0 atom stereocenters. The average molecular weight is 321 g/mol. The molecule has 5 nitrogen and oxygen atoms in total. The summed E-state index contributed by atoms with van der Waals surface area (Å²) in [5, 5.41) is 0.170. The van der Waals surface area contributed by atoms with Gasteiger partial charge in [0.15, 0.2) is 0 Å². The van der Waals surface area contributed by atoms with E-state index in [4.69, 9.17) is 22.1 Å². The van der Waals surface area contributed by atoms with Crippen LogP contribution in [0.3, 0.4) is 0 Å². The highest BCUT2D eigenvalue weighted by Crippen LogP contribution is 2.22. The van der Waals surface area contributed by atoms with Gasteiger partial charge < -0.3 is 10.5 Å². The van der Waals surface area contributed by atoms with Crippen LogP contribution >= 0.6 is 11.6 Å². The second kappa shape index (κ2) is 7.95. The maximum absolute atomic E-state index is 12.1. The number of benzene rings is 1. The van der Waals surface area contributed by atoms with Gasteiger partial charge in [0.2, 0.25) is 10.0 Å². The lowest BCUT2D eigenvalue weighted by molar-refractivity contribution is 0.114. The van der Waals surface area contributed by atoms with E-state index in [1.807, 2.05) is 13.8 Å². The lowest BCUT2D eigenvalue weighted by Crippen LogP contribution is -2.28. The number of nitrogens with one attached hydrogen (secondary N) is 1. The smallest absolute Gasteiger partial charge is 0.242 e. The molecule has 0 unspecified atom stereocenters. The first kappa shape index (κ1) is 17.4. The fraction of sp³-hybridized carbons (Fsp3) is 0.538. The molecule has 0 aliphatic rings. The van der Waals surface area contributed by atoms with E-state index in [9.17, 15) is 8.42 Å². The van der Waals surface area contributed by atoms with Crippen molar-refractivity contribution in [2.75, 3.05) is 19.8 Å². The molecule has 0 radical (unpaired) electrons. The molecule has 0 bridgehead atoms. The fourth-order valence-corrected chi connectivity index (χ4v) is 3.11. The summed E-state index contributed by atoms with van der Waals surface area (Å²) >= 11 is 5.97. The molecule has 114 valence electrons. The van der Waals surface area contributed by atoms with Crippen molar-refractivity contribution in [1.29, 1.82) is 0 Å². The molecule has 0 aliphatic heterocycles. The lowest BCUT2D eigenvalue weighted by Gasteiger charge is -2.10. The van der Waals surface area contributed by atoms with Crippen molar-refractivity contribution in [3.05, 3.63) is 28.8 Å². The van der Waals surface area contributed by atoms with Crippen molar-refractivity contribution in [2.24, 2.45) is 11.7 Å². The predicted octanol–water partition coefficient (Wildman–Crippen LogP) is 1.75. The summed E-state index contributed by atoms with van der Waals surface area (Å²) in [6.45, 7) is 5.52. The van der Waals surface area contributed by atoms with E-state index in [1.54, 1.807) is 12.1 Å². The minimum atomic E-state index is -3.62. The van der Waals surface area contributed by atoms with E-state index in [1.165, 1.54) is 6.07 Å². The SMILES string of the molecule is CC(C)COCCNS(=O)(=O)c1ccc(CN)cc1Cl. The zero-order valence-corrected chi connectivity index (χ0v) is 13.3. The van der Waals surface area contributed by atoms with Gasteiger partial charge >= 0.3 is 0 Å². The van der Waals surface area contributed by atoms with Gasteiger partial charge in [0.25, 0.3) is 0 Å². The molecule has 0 aromatic heterocycles. The minimum Gasteiger partial charge on any atom is -0.380 e. The summed E-state index contributed by atoms with van der Waals surface area (Å²) in [6, 6.07) is 4.67. The highest BCUT2D eigenvalue weighted by Gasteiger charge is 2.17. The number of halogens is 1. The topological polar surface area (TPSA) is 81.4 Å². The molecule has 1 aromatic carbocycles. The van der Waals surface area contributed by atoms with Crippen molar-refractivity contribution in [3.63, 3.8) is 0 Å². The molecule has 1 rings (SSSR count). The van der Waals surface area contributed by atoms with Crippen LogP contribution in [0.15, 0.2) is 23.1 Å². The second-order valence-corrected chi connectivity index (χ2v) is 6.98. The Bertz CT molecular complexity index is 532.